The molecule has 0 saturated heterocycles. The van der Waals surface area contributed by atoms with Crippen LogP contribution in [0.1, 0.15) is 59.6 Å². The standard InChI is InChI=1S/C66H57N/c1-8-67-61-37-31-51(44-17-13-10-14-18-44)39-57(61)58-40-52(32-38-62(58)67)48-25-29-50(30-26-48)64-56-36-34-53(65(2,3)4)41-59(56)63(55-35-33-54(42-60(55)64)66(5,6)7)49-27-23-47(24-28-49)46-21-19-45(20-22-46)43-15-11-9-12-16-43/h9-42H,8H2,1-7H3. The van der Waals surface area contributed by atoms with Crippen molar-refractivity contribution < 1.29 is 0 Å². The lowest BCUT2D eigenvalue weighted by atomic mass is 9.79. The molecule has 11 aromatic rings. The lowest BCUT2D eigenvalue weighted by molar-refractivity contribution is 0.590. The second-order valence-corrected chi connectivity index (χ2v) is 20.4. The number of hydrogen-bond donors (Lipinski definition) is 0. The fourth-order valence-electron chi connectivity index (χ4n) is 10.4. The van der Waals surface area contributed by atoms with Gasteiger partial charge in [0, 0.05) is 28.4 Å². The largest absolute Gasteiger partial charge is 0.341 e. The van der Waals surface area contributed by atoms with E-state index >= 15 is 0 Å². The van der Waals surface area contributed by atoms with Crippen LogP contribution in [0.2, 0.25) is 0 Å². The molecule has 1 nitrogen and oxygen atoms in total. The molecule has 11 rings (SSSR count). The number of rotatable bonds is 7. The summed E-state index contributed by atoms with van der Waals surface area (Å²) in [4.78, 5) is 0. The van der Waals surface area contributed by atoms with Gasteiger partial charge in [0.2, 0.25) is 0 Å². The molecular weight excluding hydrogens is 807 g/mol. The van der Waals surface area contributed by atoms with Crippen molar-refractivity contribution in [3.8, 4) is 66.8 Å². The number of benzene rings is 10. The van der Waals surface area contributed by atoms with Crippen molar-refractivity contribution in [3.05, 3.63) is 217 Å². The SMILES string of the molecule is CCn1c2ccc(-c3ccccc3)cc2c2cc(-c3ccc(-c4c5ccc(C(C)(C)C)cc5c(-c5ccc(-c6ccc(-c7ccccc7)cc6)cc5)c5ccc(C(C)(C)C)cc45)cc3)ccc21. The Bertz CT molecular complexity index is 3610. The molecule has 1 heterocycles. The van der Waals surface area contributed by atoms with E-state index in [9.17, 15) is 0 Å². The highest BCUT2D eigenvalue weighted by atomic mass is 15.0. The van der Waals surface area contributed by atoms with Crippen LogP contribution >= 0.6 is 0 Å². The van der Waals surface area contributed by atoms with Gasteiger partial charge in [0.15, 0.2) is 0 Å². The van der Waals surface area contributed by atoms with Gasteiger partial charge >= 0.3 is 0 Å². The first-order valence-electron chi connectivity index (χ1n) is 24.0. The first-order chi connectivity index (χ1) is 32.4. The number of aromatic nitrogens is 1. The molecule has 1 aromatic heterocycles. The highest BCUT2D eigenvalue weighted by molar-refractivity contribution is 6.22. The van der Waals surface area contributed by atoms with Crippen LogP contribution in [0, 0.1) is 0 Å². The molecule has 0 fully saturated rings. The third kappa shape index (κ3) is 7.63. The zero-order valence-electron chi connectivity index (χ0n) is 39.8. The van der Waals surface area contributed by atoms with Gasteiger partial charge in [0.25, 0.3) is 0 Å². The molecule has 10 aromatic carbocycles. The molecule has 1 heteroatoms. The summed E-state index contributed by atoms with van der Waals surface area (Å²) >= 11 is 0. The molecule has 0 radical (unpaired) electrons. The molecule has 0 amide bonds. The molecule has 0 atom stereocenters. The minimum absolute atomic E-state index is 0.0122. The average Bonchev–Trinajstić information content (AvgIpc) is 3.67. The van der Waals surface area contributed by atoms with E-state index in [0.717, 1.165) is 6.54 Å². The first-order valence-corrected chi connectivity index (χ1v) is 24.0. The smallest absolute Gasteiger partial charge is 0.0491 e. The van der Waals surface area contributed by atoms with E-state index in [-0.39, 0.29) is 10.8 Å². The fourth-order valence-corrected chi connectivity index (χ4v) is 10.4. The Hall–Kier alpha value is -7.48. The van der Waals surface area contributed by atoms with Crippen molar-refractivity contribution in [1.82, 2.24) is 4.57 Å². The summed E-state index contributed by atoms with van der Waals surface area (Å²) in [5, 5.41) is 7.72. The maximum Gasteiger partial charge on any atom is 0.0491 e. The van der Waals surface area contributed by atoms with E-state index in [0.29, 0.717) is 0 Å². The summed E-state index contributed by atoms with van der Waals surface area (Å²) in [5.74, 6) is 0. The Kier molecular flexibility index (Phi) is 10.3. The Morgan fingerprint density at radius 3 is 0.955 bits per heavy atom. The van der Waals surface area contributed by atoms with Gasteiger partial charge in [0.1, 0.15) is 0 Å². The Morgan fingerprint density at radius 1 is 0.284 bits per heavy atom. The lowest BCUT2D eigenvalue weighted by Crippen LogP contribution is -2.11. The minimum atomic E-state index is -0.0142. The third-order valence-corrected chi connectivity index (χ3v) is 14.1. The van der Waals surface area contributed by atoms with Crippen LogP contribution in [0.4, 0.5) is 0 Å². The number of nitrogens with zero attached hydrogens (tertiary/aromatic N) is 1. The van der Waals surface area contributed by atoms with Gasteiger partial charge in [0.05, 0.1) is 0 Å². The molecule has 67 heavy (non-hydrogen) atoms. The summed E-state index contributed by atoms with van der Waals surface area (Å²) in [5.41, 5.74) is 20.1. The predicted molar refractivity (Wildman–Crippen MR) is 290 cm³/mol. The van der Waals surface area contributed by atoms with Crippen molar-refractivity contribution in [2.24, 2.45) is 0 Å². The third-order valence-electron chi connectivity index (χ3n) is 14.1. The molecule has 326 valence electrons. The summed E-state index contributed by atoms with van der Waals surface area (Å²) in [6, 6.07) is 77.4. The summed E-state index contributed by atoms with van der Waals surface area (Å²) < 4.78 is 2.45. The molecule has 0 N–H and O–H groups in total. The van der Waals surface area contributed by atoms with E-state index in [4.69, 9.17) is 0 Å². The second-order valence-electron chi connectivity index (χ2n) is 20.4. The second kappa shape index (κ2) is 16.4. The molecule has 0 aliphatic carbocycles. The average molecular weight is 864 g/mol. The van der Waals surface area contributed by atoms with E-state index < -0.39 is 0 Å². The zero-order chi connectivity index (χ0) is 46.0. The van der Waals surface area contributed by atoms with Gasteiger partial charge in [-0.05, 0) is 154 Å². The van der Waals surface area contributed by atoms with Crippen molar-refractivity contribution in [2.75, 3.05) is 0 Å². The topological polar surface area (TPSA) is 4.93 Å². The van der Waals surface area contributed by atoms with Gasteiger partial charge in [-0.3, -0.25) is 0 Å². The van der Waals surface area contributed by atoms with Crippen molar-refractivity contribution in [3.63, 3.8) is 0 Å². The van der Waals surface area contributed by atoms with Crippen molar-refractivity contribution in [1.29, 1.82) is 0 Å². The van der Waals surface area contributed by atoms with Crippen LogP contribution in [-0.4, -0.2) is 4.57 Å². The minimum Gasteiger partial charge on any atom is -0.341 e. The quantitative estimate of drug-likeness (QED) is 0.141. The van der Waals surface area contributed by atoms with E-state index in [1.54, 1.807) is 0 Å². The van der Waals surface area contributed by atoms with Crippen LogP contribution in [0.15, 0.2) is 206 Å². The number of fused-ring (bicyclic) bond motifs is 5. The van der Waals surface area contributed by atoms with Crippen LogP contribution < -0.4 is 0 Å². The Labute approximate surface area is 396 Å². The summed E-state index contributed by atoms with van der Waals surface area (Å²) in [6.45, 7) is 17.1. The van der Waals surface area contributed by atoms with Crippen LogP contribution in [-0.2, 0) is 17.4 Å². The maximum atomic E-state index is 2.48. The predicted octanol–water partition coefficient (Wildman–Crippen LogP) is 18.7. The van der Waals surface area contributed by atoms with Crippen molar-refractivity contribution in [2.45, 2.75) is 65.8 Å². The Morgan fingerprint density at radius 2 is 0.597 bits per heavy atom. The maximum absolute atomic E-state index is 2.48. The summed E-state index contributed by atoms with van der Waals surface area (Å²) in [7, 11) is 0. The lowest BCUT2D eigenvalue weighted by Gasteiger charge is -2.25. The molecule has 0 bridgehead atoms. The van der Waals surface area contributed by atoms with Gasteiger partial charge < -0.3 is 4.57 Å². The van der Waals surface area contributed by atoms with Crippen molar-refractivity contribution >= 4 is 43.4 Å². The first kappa shape index (κ1) is 42.2. The molecule has 0 unspecified atom stereocenters. The zero-order valence-corrected chi connectivity index (χ0v) is 39.8. The van der Waals surface area contributed by atoms with E-state index in [2.05, 4.69) is 259 Å². The van der Waals surface area contributed by atoms with E-state index in [1.165, 1.54) is 121 Å². The molecule has 0 aliphatic rings. The normalized spacial score (nSPS) is 12.2. The Balaban J connectivity index is 1.05. The van der Waals surface area contributed by atoms with Gasteiger partial charge in [-0.1, -0.05) is 211 Å². The van der Waals surface area contributed by atoms with Crippen LogP contribution in [0.25, 0.3) is 110 Å². The van der Waals surface area contributed by atoms with Crippen LogP contribution in [0.3, 0.4) is 0 Å². The van der Waals surface area contributed by atoms with Gasteiger partial charge in [-0.25, -0.2) is 0 Å². The fraction of sp³-hybridized carbons (Fsp3) is 0.152. The van der Waals surface area contributed by atoms with Gasteiger partial charge in [-0.15, -0.1) is 0 Å². The molecular formula is C66H57N. The number of aryl methyl sites for hydroxylation is 1. The molecule has 0 spiro atoms. The number of hydrogen-bond acceptors (Lipinski definition) is 0. The van der Waals surface area contributed by atoms with E-state index in [1.807, 2.05) is 0 Å². The highest BCUT2D eigenvalue weighted by Crippen LogP contribution is 2.47. The van der Waals surface area contributed by atoms with Gasteiger partial charge in [-0.2, -0.15) is 0 Å². The van der Waals surface area contributed by atoms with Crippen LogP contribution in [0.5, 0.6) is 0 Å². The molecule has 0 aliphatic heterocycles. The summed E-state index contributed by atoms with van der Waals surface area (Å²) in [6.07, 6.45) is 0. The highest BCUT2D eigenvalue weighted by Gasteiger charge is 2.23. The molecule has 0 saturated carbocycles. The monoisotopic (exact) mass is 863 g/mol.